The predicted octanol–water partition coefficient (Wildman–Crippen LogP) is 4.02. The number of aromatic nitrogens is 1. The van der Waals surface area contributed by atoms with Crippen LogP contribution in [0.1, 0.15) is 29.8 Å². The Morgan fingerprint density at radius 2 is 1.96 bits per heavy atom. The molecule has 2 atom stereocenters. The Hall–Kier alpha value is -3.25. The van der Waals surface area contributed by atoms with Crippen molar-refractivity contribution in [1.29, 1.82) is 0 Å². The zero-order valence-electron chi connectivity index (χ0n) is 14.8. The number of hydrogen-bond acceptors (Lipinski definition) is 6. The van der Waals surface area contributed by atoms with E-state index in [1.807, 2.05) is 24.3 Å². The number of para-hydroxylation sites is 1. The molecule has 1 aliphatic heterocycles. The molecule has 0 radical (unpaired) electrons. The minimum atomic E-state index is -0.687. The van der Waals surface area contributed by atoms with Crippen LogP contribution in [-0.2, 0) is 0 Å². The van der Waals surface area contributed by atoms with Gasteiger partial charge in [-0.3, -0.25) is 0 Å². The highest BCUT2D eigenvalue weighted by molar-refractivity contribution is 5.51. The first kappa shape index (κ1) is 17.2. The van der Waals surface area contributed by atoms with Gasteiger partial charge in [-0.25, -0.2) is 4.98 Å². The monoisotopic (exact) mass is 364 g/mol. The zero-order chi connectivity index (χ0) is 18.8. The number of nitrogens with zero attached hydrogens (tertiary/aromatic N) is 1. The van der Waals surface area contributed by atoms with Crippen LogP contribution in [0.4, 0.5) is 5.69 Å². The highest BCUT2D eigenvalue weighted by Crippen LogP contribution is 2.44. The highest BCUT2D eigenvalue weighted by atomic mass is 16.5. The fraction of sp³-hybridized carbons (Fsp3) is 0.190. The Morgan fingerprint density at radius 3 is 2.78 bits per heavy atom. The van der Waals surface area contributed by atoms with Gasteiger partial charge in [-0.2, -0.15) is 0 Å². The summed E-state index contributed by atoms with van der Waals surface area (Å²) < 4.78 is 17.3. The van der Waals surface area contributed by atoms with Crippen LogP contribution >= 0.6 is 0 Å². The number of benzene rings is 2. The fourth-order valence-corrected chi connectivity index (χ4v) is 3.21. The first-order chi connectivity index (χ1) is 13.2. The van der Waals surface area contributed by atoms with Gasteiger partial charge in [-0.15, -0.1) is 0 Å². The Kier molecular flexibility index (Phi) is 4.56. The molecule has 138 valence electrons. The van der Waals surface area contributed by atoms with E-state index in [0.29, 0.717) is 35.1 Å². The molecule has 1 aliphatic rings. The van der Waals surface area contributed by atoms with Crippen molar-refractivity contribution < 1.29 is 19.3 Å². The van der Waals surface area contributed by atoms with Crippen molar-refractivity contribution in [2.45, 2.75) is 18.6 Å². The molecule has 0 spiro atoms. The van der Waals surface area contributed by atoms with E-state index in [0.717, 1.165) is 11.3 Å². The van der Waals surface area contributed by atoms with E-state index >= 15 is 0 Å². The van der Waals surface area contributed by atoms with Gasteiger partial charge in [0.2, 0.25) is 5.88 Å². The second-order valence-corrected chi connectivity index (χ2v) is 6.30. The van der Waals surface area contributed by atoms with E-state index in [2.05, 4.69) is 4.98 Å². The van der Waals surface area contributed by atoms with Crippen molar-refractivity contribution in [1.82, 2.24) is 4.98 Å². The molecule has 2 heterocycles. The second kappa shape index (κ2) is 7.17. The molecule has 0 saturated heterocycles. The van der Waals surface area contributed by atoms with Gasteiger partial charge in [-0.1, -0.05) is 18.2 Å². The third-order valence-corrected chi connectivity index (χ3v) is 4.55. The van der Waals surface area contributed by atoms with Crippen LogP contribution in [-0.4, -0.2) is 17.2 Å². The quantitative estimate of drug-likeness (QED) is 0.727. The summed E-state index contributed by atoms with van der Waals surface area (Å²) in [5, 5.41) is 10.7. The van der Waals surface area contributed by atoms with Crippen LogP contribution in [0.15, 0.2) is 60.8 Å². The van der Waals surface area contributed by atoms with Crippen LogP contribution in [0.25, 0.3) is 0 Å². The van der Waals surface area contributed by atoms with Crippen molar-refractivity contribution in [2.24, 2.45) is 0 Å². The van der Waals surface area contributed by atoms with Crippen LogP contribution < -0.4 is 19.9 Å². The lowest BCUT2D eigenvalue weighted by Gasteiger charge is -2.30. The largest absolute Gasteiger partial charge is 0.496 e. The molecular weight excluding hydrogens is 344 g/mol. The van der Waals surface area contributed by atoms with E-state index in [9.17, 15) is 5.11 Å². The Morgan fingerprint density at radius 1 is 1.11 bits per heavy atom. The molecule has 6 heteroatoms. The van der Waals surface area contributed by atoms with Crippen LogP contribution in [0.5, 0.6) is 23.1 Å². The van der Waals surface area contributed by atoms with Crippen molar-refractivity contribution in [3.63, 3.8) is 0 Å². The summed E-state index contributed by atoms with van der Waals surface area (Å²) in [5.41, 5.74) is 7.90. The first-order valence-corrected chi connectivity index (χ1v) is 8.65. The van der Waals surface area contributed by atoms with E-state index in [-0.39, 0.29) is 6.10 Å². The van der Waals surface area contributed by atoms with Crippen molar-refractivity contribution in [2.75, 3.05) is 12.8 Å². The van der Waals surface area contributed by atoms with Gasteiger partial charge in [-0.05, 0) is 36.4 Å². The van der Waals surface area contributed by atoms with E-state index in [1.165, 1.54) is 0 Å². The van der Waals surface area contributed by atoms with E-state index < -0.39 is 6.10 Å². The summed E-state index contributed by atoms with van der Waals surface area (Å²) in [6.45, 7) is 0. The number of nitrogen functional groups attached to an aromatic ring is 1. The van der Waals surface area contributed by atoms with E-state index in [4.69, 9.17) is 19.9 Å². The molecule has 6 nitrogen and oxygen atoms in total. The molecule has 0 bridgehead atoms. The Bertz CT molecular complexity index is 960. The lowest BCUT2D eigenvalue weighted by molar-refractivity contribution is 0.0643. The van der Waals surface area contributed by atoms with E-state index in [1.54, 1.807) is 43.6 Å². The average molecular weight is 364 g/mol. The fourth-order valence-electron chi connectivity index (χ4n) is 3.21. The third kappa shape index (κ3) is 3.39. The normalized spacial score (nSPS) is 18.3. The van der Waals surface area contributed by atoms with Crippen molar-refractivity contribution in [3.05, 3.63) is 71.9 Å². The Balaban J connectivity index is 1.60. The van der Waals surface area contributed by atoms with Crippen LogP contribution in [0, 0.1) is 0 Å². The number of fused-ring (bicyclic) bond motifs is 1. The third-order valence-electron chi connectivity index (χ3n) is 4.55. The summed E-state index contributed by atoms with van der Waals surface area (Å²) in [6.07, 6.45) is 1.05. The first-order valence-electron chi connectivity index (χ1n) is 8.65. The summed E-state index contributed by atoms with van der Waals surface area (Å²) in [5.74, 6) is 2.22. The maximum Gasteiger partial charge on any atom is 0.242 e. The SMILES string of the molecule is COc1ccccc1[C@@H]1CC(O)c2cc(Oc3ncccc3N)ccc2O1. The standard InChI is InChI=1S/C21H20N2O4/c1-25-18-7-3-2-5-14(18)20-12-17(24)15-11-13(8-9-19(15)27-20)26-21-16(22)6-4-10-23-21/h2-11,17,20,24H,12,22H2,1H3/t17?,20-/m0/s1. The number of nitrogens with two attached hydrogens (primary N) is 1. The van der Waals surface area contributed by atoms with Crippen LogP contribution in [0.2, 0.25) is 0 Å². The molecule has 3 N–H and O–H groups in total. The molecule has 0 aliphatic carbocycles. The molecule has 27 heavy (non-hydrogen) atoms. The van der Waals surface area contributed by atoms with Gasteiger partial charge in [0.15, 0.2) is 0 Å². The number of aliphatic hydroxyl groups is 1. The van der Waals surface area contributed by atoms with Gasteiger partial charge in [0, 0.05) is 23.7 Å². The zero-order valence-corrected chi connectivity index (χ0v) is 14.8. The summed E-state index contributed by atoms with van der Waals surface area (Å²) in [4.78, 5) is 4.12. The lowest BCUT2D eigenvalue weighted by Crippen LogP contribution is -2.19. The molecular formula is C21H20N2O4. The van der Waals surface area contributed by atoms with Gasteiger partial charge in [0.25, 0.3) is 0 Å². The number of pyridine rings is 1. The van der Waals surface area contributed by atoms with Gasteiger partial charge < -0.3 is 25.1 Å². The number of ether oxygens (including phenoxy) is 3. The number of hydrogen-bond donors (Lipinski definition) is 2. The minimum Gasteiger partial charge on any atom is -0.496 e. The number of rotatable bonds is 4. The van der Waals surface area contributed by atoms with Gasteiger partial charge >= 0.3 is 0 Å². The molecule has 2 aromatic carbocycles. The number of aliphatic hydroxyl groups excluding tert-OH is 1. The van der Waals surface area contributed by atoms with Gasteiger partial charge in [0.05, 0.1) is 18.9 Å². The predicted molar refractivity (Wildman–Crippen MR) is 101 cm³/mol. The molecule has 1 unspecified atom stereocenters. The molecule has 0 saturated carbocycles. The molecule has 4 rings (SSSR count). The summed E-state index contributed by atoms with van der Waals surface area (Å²) >= 11 is 0. The summed E-state index contributed by atoms with van der Waals surface area (Å²) in [6, 6.07) is 16.4. The molecule has 1 aromatic heterocycles. The number of anilines is 1. The average Bonchev–Trinajstić information content (AvgIpc) is 2.70. The topological polar surface area (TPSA) is 86.8 Å². The summed E-state index contributed by atoms with van der Waals surface area (Å²) in [7, 11) is 1.62. The molecule has 0 amide bonds. The maximum atomic E-state index is 10.7. The van der Waals surface area contributed by atoms with Crippen LogP contribution in [0.3, 0.4) is 0 Å². The highest BCUT2D eigenvalue weighted by Gasteiger charge is 2.30. The minimum absolute atomic E-state index is 0.290. The van der Waals surface area contributed by atoms with Crippen molar-refractivity contribution in [3.8, 4) is 23.1 Å². The van der Waals surface area contributed by atoms with Gasteiger partial charge in [0.1, 0.15) is 23.4 Å². The van der Waals surface area contributed by atoms with Crippen molar-refractivity contribution >= 4 is 5.69 Å². The smallest absolute Gasteiger partial charge is 0.242 e. The molecule has 0 fully saturated rings. The number of methoxy groups -OCH3 is 1. The molecule has 3 aromatic rings. The Labute approximate surface area is 157 Å². The lowest BCUT2D eigenvalue weighted by atomic mass is 9.94. The maximum absolute atomic E-state index is 10.7. The second-order valence-electron chi connectivity index (χ2n) is 6.30.